The number of anilines is 1. The minimum atomic E-state index is -1.24. The molecule has 6 nitrogen and oxygen atoms in total. The number of hydrogen-bond donors (Lipinski definition) is 1. The molecule has 1 amide bonds. The molecule has 0 aliphatic carbocycles. The van der Waals surface area contributed by atoms with Crippen LogP contribution in [0.1, 0.15) is 27.5 Å². The fourth-order valence-electron chi connectivity index (χ4n) is 1.82. The molecule has 0 bridgehead atoms. The normalized spacial score (nSPS) is 9.86. The first-order chi connectivity index (χ1) is 10.1. The Hall–Kier alpha value is -3.07. The van der Waals surface area contributed by atoms with Crippen molar-refractivity contribution in [3.05, 3.63) is 54.0 Å². The predicted octanol–water partition coefficient (Wildman–Crippen LogP) is 2.54. The van der Waals surface area contributed by atoms with Crippen molar-refractivity contribution in [3.63, 3.8) is 0 Å². The van der Waals surface area contributed by atoms with E-state index in [4.69, 9.17) is 14.8 Å². The van der Waals surface area contributed by atoms with Crippen molar-refractivity contribution in [2.75, 3.05) is 11.4 Å². The number of hydrogen-bond acceptors (Lipinski definition) is 4. The third-order valence-electron chi connectivity index (χ3n) is 2.79. The molecule has 1 heterocycles. The van der Waals surface area contributed by atoms with Crippen LogP contribution < -0.4 is 4.90 Å². The second-order valence-electron chi connectivity index (χ2n) is 4.17. The minimum Gasteiger partial charge on any atom is -0.475 e. The first-order valence-corrected chi connectivity index (χ1v) is 6.20. The number of furan rings is 1. The topological polar surface area (TPSA) is 94.5 Å². The van der Waals surface area contributed by atoms with Crippen LogP contribution in [-0.4, -0.2) is 23.5 Å². The van der Waals surface area contributed by atoms with Crippen LogP contribution in [0.2, 0.25) is 0 Å². The van der Waals surface area contributed by atoms with Gasteiger partial charge in [0.15, 0.2) is 5.76 Å². The van der Waals surface area contributed by atoms with E-state index >= 15 is 0 Å². The van der Waals surface area contributed by atoms with Gasteiger partial charge >= 0.3 is 5.97 Å². The van der Waals surface area contributed by atoms with Gasteiger partial charge in [-0.2, -0.15) is 5.26 Å². The van der Waals surface area contributed by atoms with Crippen molar-refractivity contribution in [2.45, 2.75) is 6.42 Å². The molecule has 1 aromatic heterocycles. The van der Waals surface area contributed by atoms with Crippen molar-refractivity contribution in [1.29, 1.82) is 5.26 Å². The van der Waals surface area contributed by atoms with Crippen molar-refractivity contribution >= 4 is 17.6 Å². The Bertz CT molecular complexity index is 685. The summed E-state index contributed by atoms with van der Waals surface area (Å²) in [6.45, 7) is 0.197. The molecule has 0 saturated heterocycles. The van der Waals surface area contributed by atoms with Crippen LogP contribution >= 0.6 is 0 Å². The molecule has 0 atom stereocenters. The lowest BCUT2D eigenvalue weighted by Crippen LogP contribution is -2.31. The molecule has 106 valence electrons. The number of benzene rings is 1. The van der Waals surface area contributed by atoms with Crippen molar-refractivity contribution < 1.29 is 19.1 Å². The summed E-state index contributed by atoms with van der Waals surface area (Å²) in [7, 11) is 0. The highest BCUT2D eigenvalue weighted by Gasteiger charge is 2.22. The monoisotopic (exact) mass is 284 g/mol. The van der Waals surface area contributed by atoms with E-state index in [0.29, 0.717) is 5.69 Å². The number of para-hydroxylation sites is 1. The number of carboxylic acids is 1. The Morgan fingerprint density at radius 3 is 2.38 bits per heavy atom. The number of carboxylic acid groups (broad SMARTS) is 1. The molecule has 0 unspecified atom stereocenters. The average Bonchev–Trinajstić information content (AvgIpc) is 2.98. The summed E-state index contributed by atoms with van der Waals surface area (Å²) in [5, 5.41) is 17.5. The highest BCUT2D eigenvalue weighted by atomic mass is 16.4. The van der Waals surface area contributed by atoms with Gasteiger partial charge in [0.2, 0.25) is 5.76 Å². The zero-order chi connectivity index (χ0) is 15.2. The first kappa shape index (κ1) is 14.3. The molecule has 0 fully saturated rings. The van der Waals surface area contributed by atoms with Crippen LogP contribution in [0.15, 0.2) is 46.9 Å². The lowest BCUT2D eigenvalue weighted by molar-refractivity contribution is 0.0660. The lowest BCUT2D eigenvalue weighted by Gasteiger charge is -2.20. The van der Waals surface area contributed by atoms with Crippen molar-refractivity contribution in [3.8, 4) is 6.07 Å². The number of rotatable bonds is 5. The van der Waals surface area contributed by atoms with Crippen LogP contribution in [0.25, 0.3) is 0 Å². The van der Waals surface area contributed by atoms with E-state index in [0.717, 1.165) is 0 Å². The number of amides is 1. The van der Waals surface area contributed by atoms with Gasteiger partial charge < -0.3 is 14.4 Å². The maximum absolute atomic E-state index is 12.4. The van der Waals surface area contributed by atoms with E-state index in [1.807, 2.05) is 12.1 Å². The largest absolute Gasteiger partial charge is 0.475 e. The summed E-state index contributed by atoms with van der Waals surface area (Å²) in [6.07, 6.45) is 0.160. The number of nitrogens with zero attached hydrogens (tertiary/aromatic N) is 2. The zero-order valence-corrected chi connectivity index (χ0v) is 11.0. The second kappa shape index (κ2) is 6.39. The van der Waals surface area contributed by atoms with E-state index in [9.17, 15) is 9.59 Å². The highest BCUT2D eigenvalue weighted by molar-refractivity contribution is 6.04. The molecule has 2 rings (SSSR count). The van der Waals surface area contributed by atoms with Gasteiger partial charge in [-0.1, -0.05) is 18.2 Å². The van der Waals surface area contributed by atoms with Gasteiger partial charge in [-0.05, 0) is 24.3 Å². The van der Waals surface area contributed by atoms with Gasteiger partial charge in [0.1, 0.15) is 0 Å². The molecular weight excluding hydrogens is 272 g/mol. The summed E-state index contributed by atoms with van der Waals surface area (Å²) in [5.41, 5.74) is 0.617. The average molecular weight is 284 g/mol. The summed E-state index contributed by atoms with van der Waals surface area (Å²) < 4.78 is 5.02. The molecule has 1 N–H and O–H groups in total. The maximum atomic E-state index is 12.4. The third kappa shape index (κ3) is 3.28. The van der Waals surface area contributed by atoms with Crippen molar-refractivity contribution in [1.82, 2.24) is 0 Å². The van der Waals surface area contributed by atoms with Gasteiger partial charge in [-0.25, -0.2) is 4.79 Å². The molecule has 0 aliphatic rings. The molecule has 6 heteroatoms. The SMILES string of the molecule is N#CCCN(C(=O)c1ccc(C(=O)O)o1)c1ccccc1. The Balaban J connectivity index is 2.29. The van der Waals surface area contributed by atoms with Gasteiger partial charge in [0.25, 0.3) is 5.91 Å². The van der Waals surface area contributed by atoms with E-state index in [2.05, 4.69) is 0 Å². The maximum Gasteiger partial charge on any atom is 0.371 e. The molecule has 2 aromatic rings. The molecule has 1 aromatic carbocycles. The highest BCUT2D eigenvalue weighted by Crippen LogP contribution is 2.18. The molecule has 0 saturated carbocycles. The second-order valence-corrected chi connectivity index (χ2v) is 4.17. The van der Waals surface area contributed by atoms with Gasteiger partial charge in [0, 0.05) is 12.2 Å². The quantitative estimate of drug-likeness (QED) is 0.910. The van der Waals surface area contributed by atoms with E-state index in [-0.39, 0.29) is 24.5 Å². The van der Waals surface area contributed by atoms with Crippen LogP contribution in [0.3, 0.4) is 0 Å². The van der Waals surface area contributed by atoms with Gasteiger partial charge in [0.05, 0.1) is 12.5 Å². The van der Waals surface area contributed by atoms with Gasteiger partial charge in [-0.15, -0.1) is 0 Å². The Labute approximate surface area is 120 Å². The Kier molecular flexibility index (Phi) is 4.36. The Morgan fingerprint density at radius 1 is 1.14 bits per heavy atom. The standard InChI is InChI=1S/C15H12N2O4/c16-9-4-10-17(11-5-2-1-3-6-11)14(18)12-7-8-13(21-12)15(19)20/h1-3,5-8H,4,10H2,(H,19,20). The molecule has 0 radical (unpaired) electrons. The number of carbonyl (C=O) groups excluding carboxylic acids is 1. The van der Waals surface area contributed by atoms with Crippen LogP contribution in [0.4, 0.5) is 5.69 Å². The zero-order valence-electron chi connectivity index (χ0n) is 11.0. The van der Waals surface area contributed by atoms with Crippen molar-refractivity contribution in [2.24, 2.45) is 0 Å². The fourth-order valence-corrected chi connectivity index (χ4v) is 1.82. The molecule has 0 spiro atoms. The van der Waals surface area contributed by atoms with Crippen LogP contribution in [0.5, 0.6) is 0 Å². The van der Waals surface area contributed by atoms with Crippen LogP contribution in [-0.2, 0) is 0 Å². The number of carbonyl (C=O) groups is 2. The summed E-state index contributed by atoms with van der Waals surface area (Å²) in [5.74, 6) is -2.10. The van der Waals surface area contributed by atoms with E-state index in [1.54, 1.807) is 24.3 Å². The lowest BCUT2D eigenvalue weighted by atomic mass is 10.2. The number of nitriles is 1. The summed E-state index contributed by atoms with van der Waals surface area (Å²) >= 11 is 0. The predicted molar refractivity (Wildman–Crippen MR) is 74.0 cm³/mol. The molecular formula is C15H12N2O4. The fraction of sp³-hybridized carbons (Fsp3) is 0.133. The summed E-state index contributed by atoms with van der Waals surface area (Å²) in [4.78, 5) is 24.6. The molecule has 21 heavy (non-hydrogen) atoms. The van der Waals surface area contributed by atoms with E-state index in [1.165, 1.54) is 17.0 Å². The van der Waals surface area contributed by atoms with E-state index < -0.39 is 11.9 Å². The smallest absolute Gasteiger partial charge is 0.371 e. The number of aromatic carboxylic acids is 1. The Morgan fingerprint density at radius 2 is 1.81 bits per heavy atom. The third-order valence-corrected chi connectivity index (χ3v) is 2.79. The van der Waals surface area contributed by atoms with Gasteiger partial charge in [-0.3, -0.25) is 4.79 Å². The minimum absolute atomic E-state index is 0.0748. The molecule has 0 aliphatic heterocycles. The first-order valence-electron chi connectivity index (χ1n) is 6.20. The van der Waals surface area contributed by atoms with Crippen LogP contribution in [0, 0.1) is 11.3 Å². The summed E-state index contributed by atoms with van der Waals surface area (Å²) in [6, 6.07) is 13.3.